The lowest BCUT2D eigenvalue weighted by Crippen LogP contribution is -2.23. The summed E-state index contributed by atoms with van der Waals surface area (Å²) in [6, 6.07) is 0. The van der Waals surface area contributed by atoms with E-state index in [4.69, 9.17) is 0 Å². The summed E-state index contributed by atoms with van der Waals surface area (Å²) in [6.07, 6.45) is 4.14. The van der Waals surface area contributed by atoms with Crippen LogP contribution in [0.5, 0.6) is 0 Å². The van der Waals surface area contributed by atoms with Crippen molar-refractivity contribution in [1.82, 2.24) is 0 Å². The third-order valence-corrected chi connectivity index (χ3v) is 2.80. The van der Waals surface area contributed by atoms with Gasteiger partial charge in [0.25, 0.3) is 0 Å². The molecule has 0 heterocycles. The highest BCUT2D eigenvalue weighted by molar-refractivity contribution is 6.68. The number of carbonyl (C=O) groups excluding carboxylic acids is 3. The van der Waals surface area contributed by atoms with E-state index < -0.39 is 11.6 Å². The normalized spacial score (nSPS) is 16.2. The minimum atomic E-state index is -0.407. The minimum Gasteiger partial charge on any atom is -0.295 e. The maximum atomic E-state index is 12.1. The van der Waals surface area contributed by atoms with Gasteiger partial charge in [0.2, 0.25) is 5.78 Å². The van der Waals surface area contributed by atoms with Gasteiger partial charge in [0.1, 0.15) is 0 Å². The van der Waals surface area contributed by atoms with Gasteiger partial charge in [-0.3, -0.25) is 14.4 Å². The van der Waals surface area contributed by atoms with E-state index in [1.807, 2.05) is 0 Å². The number of hydrogen-bond acceptors (Lipinski definition) is 4. The molecule has 19 heavy (non-hydrogen) atoms. The van der Waals surface area contributed by atoms with Gasteiger partial charge in [0.05, 0.1) is 0 Å². The summed E-state index contributed by atoms with van der Waals surface area (Å²) in [6.45, 7) is 8.00. The van der Waals surface area contributed by atoms with Gasteiger partial charge in [-0.25, -0.2) is 4.99 Å². The molecule has 0 spiro atoms. The molecule has 4 nitrogen and oxygen atoms in total. The first-order valence-corrected chi connectivity index (χ1v) is 6.32. The Morgan fingerprint density at radius 1 is 1.21 bits per heavy atom. The molecular weight excluding hydrogens is 242 g/mol. The maximum Gasteiger partial charge on any atom is 0.210 e. The Morgan fingerprint density at radius 3 is 2.21 bits per heavy atom. The van der Waals surface area contributed by atoms with Gasteiger partial charge in [0.15, 0.2) is 17.3 Å². The van der Waals surface area contributed by atoms with Gasteiger partial charge in [-0.2, -0.15) is 0 Å². The lowest BCUT2D eigenvalue weighted by Gasteiger charge is -2.05. The van der Waals surface area contributed by atoms with E-state index in [1.54, 1.807) is 6.92 Å². The Balaban J connectivity index is 2.89. The fraction of sp³-hybridized carbons (Fsp3) is 0.467. The van der Waals surface area contributed by atoms with Crippen LogP contribution in [-0.4, -0.2) is 23.1 Å². The van der Waals surface area contributed by atoms with E-state index in [-0.39, 0.29) is 11.5 Å². The van der Waals surface area contributed by atoms with Crippen molar-refractivity contribution in [3.05, 3.63) is 23.9 Å². The van der Waals surface area contributed by atoms with E-state index in [0.29, 0.717) is 23.6 Å². The Kier molecular flexibility index (Phi) is 5.10. The van der Waals surface area contributed by atoms with E-state index in [1.165, 1.54) is 19.9 Å². The Labute approximate surface area is 113 Å². The number of hydrogen-bond donors (Lipinski definition) is 0. The Bertz CT molecular complexity index is 494. The van der Waals surface area contributed by atoms with E-state index in [2.05, 4.69) is 11.6 Å². The summed E-state index contributed by atoms with van der Waals surface area (Å²) in [4.78, 5) is 38.5. The monoisotopic (exact) mass is 261 g/mol. The van der Waals surface area contributed by atoms with Gasteiger partial charge in [-0.05, 0) is 44.6 Å². The minimum absolute atomic E-state index is 0.138. The lowest BCUT2D eigenvalue weighted by atomic mass is 10.0. The molecule has 102 valence electrons. The van der Waals surface area contributed by atoms with E-state index in [9.17, 15) is 14.4 Å². The third-order valence-electron chi connectivity index (χ3n) is 2.80. The zero-order valence-electron chi connectivity index (χ0n) is 11.7. The number of Topliss-reactive ketones (excluding diaryl/α,β-unsaturated/α-hetero) is 2. The zero-order valence-corrected chi connectivity index (χ0v) is 11.7. The second-order valence-corrected chi connectivity index (χ2v) is 4.99. The van der Waals surface area contributed by atoms with Crippen LogP contribution in [0.3, 0.4) is 0 Å². The summed E-state index contributed by atoms with van der Waals surface area (Å²) in [7, 11) is 0. The summed E-state index contributed by atoms with van der Waals surface area (Å²) >= 11 is 0. The number of allylic oxidation sites excluding steroid dienone is 3. The molecule has 4 heteroatoms. The molecule has 1 saturated carbocycles. The van der Waals surface area contributed by atoms with Crippen LogP contribution in [0, 0.1) is 5.92 Å². The average molecular weight is 261 g/mol. The van der Waals surface area contributed by atoms with Crippen molar-refractivity contribution in [2.24, 2.45) is 10.9 Å². The lowest BCUT2D eigenvalue weighted by molar-refractivity contribution is -0.115. The van der Waals surface area contributed by atoms with Crippen molar-refractivity contribution in [3.8, 4) is 0 Å². The van der Waals surface area contributed by atoms with Crippen molar-refractivity contribution in [3.63, 3.8) is 0 Å². The molecule has 0 aromatic rings. The first-order chi connectivity index (χ1) is 8.81. The largest absolute Gasteiger partial charge is 0.295 e. The quantitative estimate of drug-likeness (QED) is 0.401. The van der Waals surface area contributed by atoms with Crippen LogP contribution in [0.1, 0.15) is 40.0 Å². The van der Waals surface area contributed by atoms with Gasteiger partial charge < -0.3 is 0 Å². The number of ketones is 3. The Hall–Kier alpha value is -1.84. The molecule has 0 aliphatic heterocycles. The number of rotatable bonds is 7. The predicted molar refractivity (Wildman–Crippen MR) is 74.0 cm³/mol. The average Bonchev–Trinajstić information content (AvgIpc) is 3.07. The van der Waals surface area contributed by atoms with Gasteiger partial charge >= 0.3 is 0 Å². The van der Waals surface area contributed by atoms with Crippen LogP contribution >= 0.6 is 0 Å². The molecule has 0 unspecified atom stereocenters. The zero-order chi connectivity index (χ0) is 14.6. The van der Waals surface area contributed by atoms with Crippen LogP contribution in [-0.2, 0) is 14.4 Å². The van der Waals surface area contributed by atoms with Crippen LogP contribution in [0.15, 0.2) is 28.9 Å². The van der Waals surface area contributed by atoms with Crippen LogP contribution in [0.2, 0.25) is 0 Å². The predicted octanol–water partition coefficient (Wildman–Crippen LogP) is 2.43. The van der Waals surface area contributed by atoms with Crippen molar-refractivity contribution in [2.75, 3.05) is 0 Å². The fourth-order valence-electron chi connectivity index (χ4n) is 1.72. The van der Waals surface area contributed by atoms with E-state index >= 15 is 0 Å². The summed E-state index contributed by atoms with van der Waals surface area (Å²) in [5, 5.41) is 0. The second kappa shape index (κ2) is 6.36. The van der Waals surface area contributed by atoms with Crippen molar-refractivity contribution >= 4 is 23.1 Å². The molecule has 0 N–H and O–H groups in total. The fourth-order valence-corrected chi connectivity index (χ4v) is 1.72. The van der Waals surface area contributed by atoms with Gasteiger partial charge in [-0.15, -0.1) is 0 Å². The molecule has 1 aliphatic carbocycles. The molecule has 0 radical (unpaired) electrons. The van der Waals surface area contributed by atoms with Crippen molar-refractivity contribution in [2.45, 2.75) is 40.0 Å². The molecular formula is C15H19NO3. The molecule has 0 atom stereocenters. The highest BCUT2D eigenvalue weighted by atomic mass is 16.2. The SMILES string of the molecule is C=C(CC1CC1)C(=O)C(=NC(C)=CC(C)=O)C(C)=O. The summed E-state index contributed by atoms with van der Waals surface area (Å²) < 4.78 is 0. The molecule has 0 saturated heterocycles. The smallest absolute Gasteiger partial charge is 0.210 e. The molecule has 1 aliphatic rings. The van der Waals surface area contributed by atoms with Crippen molar-refractivity contribution in [1.29, 1.82) is 0 Å². The van der Waals surface area contributed by atoms with Crippen LogP contribution in [0.25, 0.3) is 0 Å². The highest BCUT2D eigenvalue weighted by Gasteiger charge is 2.27. The molecule has 1 fully saturated rings. The molecule has 1 rings (SSSR count). The first kappa shape index (κ1) is 15.2. The molecule has 0 amide bonds. The Morgan fingerprint density at radius 2 is 1.79 bits per heavy atom. The standard InChI is InChI=1S/C15H19NO3/c1-9(7-13-5-6-13)15(19)14(12(4)18)16-10(2)8-11(3)17/h8,13H,1,5-7H2,2-4H3. The van der Waals surface area contributed by atoms with Crippen molar-refractivity contribution < 1.29 is 14.4 Å². The third kappa shape index (κ3) is 5.12. The number of nitrogens with zero attached hydrogens (tertiary/aromatic N) is 1. The molecule has 0 aromatic carbocycles. The van der Waals surface area contributed by atoms with Gasteiger partial charge in [-0.1, -0.05) is 6.58 Å². The number of aliphatic imine (C=N–C) groups is 1. The maximum absolute atomic E-state index is 12.1. The molecule has 0 bridgehead atoms. The summed E-state index contributed by atoms with van der Waals surface area (Å²) in [5.74, 6) is -0.458. The van der Waals surface area contributed by atoms with Gasteiger partial charge in [0, 0.05) is 18.7 Å². The van der Waals surface area contributed by atoms with Crippen LogP contribution < -0.4 is 0 Å². The van der Waals surface area contributed by atoms with Crippen LogP contribution in [0.4, 0.5) is 0 Å². The highest BCUT2D eigenvalue weighted by Crippen LogP contribution is 2.35. The molecule has 0 aromatic heterocycles. The number of carbonyl (C=O) groups is 3. The first-order valence-electron chi connectivity index (χ1n) is 6.32. The van der Waals surface area contributed by atoms with E-state index in [0.717, 1.165) is 12.8 Å². The second-order valence-electron chi connectivity index (χ2n) is 4.99. The topological polar surface area (TPSA) is 63.6 Å². The summed E-state index contributed by atoms with van der Waals surface area (Å²) in [5.41, 5.74) is 0.637.